The van der Waals surface area contributed by atoms with Gasteiger partial charge in [0.1, 0.15) is 11.5 Å². The number of aliphatic hydroxyl groups is 1. The number of hydrogen-bond donors (Lipinski definition) is 3. The molecule has 5 nitrogen and oxygen atoms in total. The molecule has 0 aliphatic rings. The summed E-state index contributed by atoms with van der Waals surface area (Å²) in [5.74, 6) is -4.99. The molecule has 0 aliphatic carbocycles. The fourth-order valence-corrected chi connectivity index (χ4v) is 2.87. The molecule has 0 bridgehead atoms. The SMILES string of the molecule is Nc1c(F)c(S(=O)(=O)NCC(F)(F)CO)cc(Cl)c1Br. The van der Waals surface area contributed by atoms with Crippen molar-refractivity contribution >= 4 is 43.2 Å². The van der Waals surface area contributed by atoms with Crippen molar-refractivity contribution in [1.82, 2.24) is 4.72 Å². The molecule has 0 saturated carbocycles. The van der Waals surface area contributed by atoms with E-state index in [1.807, 2.05) is 0 Å². The second-order valence-corrected chi connectivity index (χ2v) is 6.67. The first kappa shape index (κ1) is 17.5. The highest BCUT2D eigenvalue weighted by molar-refractivity contribution is 9.10. The van der Waals surface area contributed by atoms with Crippen LogP contribution < -0.4 is 10.5 Å². The van der Waals surface area contributed by atoms with Crippen LogP contribution in [0.2, 0.25) is 5.02 Å². The highest BCUT2D eigenvalue weighted by atomic mass is 79.9. The highest BCUT2D eigenvalue weighted by Gasteiger charge is 2.32. The normalized spacial score (nSPS) is 12.7. The third-order valence-electron chi connectivity index (χ3n) is 2.20. The van der Waals surface area contributed by atoms with Gasteiger partial charge in [0.25, 0.3) is 5.92 Å². The molecule has 0 aromatic heterocycles. The molecule has 1 aromatic rings. The van der Waals surface area contributed by atoms with Crippen LogP contribution in [0, 0.1) is 5.82 Å². The van der Waals surface area contributed by atoms with Gasteiger partial charge in [-0.15, -0.1) is 0 Å². The number of nitrogen functional groups attached to an aromatic ring is 1. The molecule has 1 rings (SSSR count). The van der Waals surface area contributed by atoms with Gasteiger partial charge in [-0.05, 0) is 22.0 Å². The number of nitrogens with one attached hydrogen (secondary N) is 1. The number of aliphatic hydroxyl groups excluding tert-OH is 1. The maximum absolute atomic E-state index is 13.8. The predicted octanol–water partition coefficient (Wildman–Crippen LogP) is 1.73. The van der Waals surface area contributed by atoms with Gasteiger partial charge in [-0.1, -0.05) is 11.6 Å². The predicted molar refractivity (Wildman–Crippen MR) is 70.7 cm³/mol. The zero-order chi connectivity index (χ0) is 15.7. The van der Waals surface area contributed by atoms with Crippen LogP contribution in [-0.4, -0.2) is 32.6 Å². The van der Waals surface area contributed by atoms with Gasteiger partial charge in [-0.2, -0.15) is 0 Å². The van der Waals surface area contributed by atoms with E-state index in [0.29, 0.717) is 0 Å². The summed E-state index contributed by atoms with van der Waals surface area (Å²) in [7, 11) is -4.60. The molecule has 0 saturated heterocycles. The Morgan fingerprint density at radius 1 is 1.50 bits per heavy atom. The minimum absolute atomic E-state index is 0.0451. The number of anilines is 1. The van der Waals surface area contributed by atoms with Crippen molar-refractivity contribution in [3.8, 4) is 0 Å². The molecule has 0 fully saturated rings. The Bertz CT molecular complexity index is 627. The first-order valence-corrected chi connectivity index (χ1v) is 7.58. The number of hydrogen-bond acceptors (Lipinski definition) is 4. The van der Waals surface area contributed by atoms with E-state index in [0.717, 1.165) is 6.07 Å². The van der Waals surface area contributed by atoms with Crippen molar-refractivity contribution in [2.24, 2.45) is 0 Å². The Labute approximate surface area is 126 Å². The lowest BCUT2D eigenvalue weighted by Gasteiger charge is -2.15. The van der Waals surface area contributed by atoms with Crippen molar-refractivity contribution in [2.45, 2.75) is 10.8 Å². The van der Waals surface area contributed by atoms with Gasteiger partial charge in [0.05, 0.1) is 21.7 Å². The zero-order valence-corrected chi connectivity index (χ0v) is 12.8. The third kappa shape index (κ3) is 3.76. The molecule has 0 heterocycles. The third-order valence-corrected chi connectivity index (χ3v) is 4.98. The number of nitrogens with two attached hydrogens (primary N) is 1. The van der Waals surface area contributed by atoms with E-state index in [1.54, 1.807) is 0 Å². The summed E-state index contributed by atoms with van der Waals surface area (Å²) in [4.78, 5) is -0.961. The van der Waals surface area contributed by atoms with Crippen molar-refractivity contribution in [3.05, 3.63) is 21.4 Å². The highest BCUT2D eigenvalue weighted by Crippen LogP contribution is 2.34. The first-order chi connectivity index (χ1) is 9.02. The first-order valence-electron chi connectivity index (χ1n) is 4.93. The fraction of sp³-hybridized carbons (Fsp3) is 0.333. The largest absolute Gasteiger partial charge is 0.395 e. The van der Waals surface area contributed by atoms with Gasteiger partial charge in [0, 0.05) is 0 Å². The number of halogens is 5. The molecular weight excluding hydrogens is 389 g/mol. The van der Waals surface area contributed by atoms with Crippen molar-refractivity contribution < 1.29 is 26.7 Å². The van der Waals surface area contributed by atoms with E-state index in [2.05, 4.69) is 15.9 Å². The zero-order valence-electron chi connectivity index (χ0n) is 9.63. The number of sulfonamides is 1. The Kier molecular flexibility index (Phi) is 5.30. The molecule has 0 spiro atoms. The lowest BCUT2D eigenvalue weighted by atomic mass is 10.3. The lowest BCUT2D eigenvalue weighted by molar-refractivity contribution is -0.0437. The summed E-state index contributed by atoms with van der Waals surface area (Å²) in [6.45, 7) is -2.94. The molecule has 1 aromatic carbocycles. The summed E-state index contributed by atoms with van der Waals surface area (Å²) in [6.07, 6.45) is 0. The topological polar surface area (TPSA) is 92.4 Å². The molecule has 0 aliphatic heterocycles. The minimum atomic E-state index is -4.60. The Balaban J connectivity index is 3.18. The summed E-state index contributed by atoms with van der Waals surface area (Å²) in [6, 6.07) is 0.733. The standard InChI is InChI=1S/C9H9BrClF3N2O3S/c10-6-4(11)1-5(7(12)8(6)15)20(18,19)16-2-9(13,14)3-17/h1,16-17H,2-3,15H2. The van der Waals surface area contributed by atoms with Gasteiger partial charge in [-0.3, -0.25) is 0 Å². The van der Waals surface area contributed by atoms with Gasteiger partial charge < -0.3 is 10.8 Å². The van der Waals surface area contributed by atoms with E-state index in [9.17, 15) is 21.6 Å². The molecular formula is C9H9BrClF3N2O3S. The summed E-state index contributed by atoms with van der Waals surface area (Å²) in [5.41, 5.74) is 4.74. The number of alkyl halides is 2. The summed E-state index contributed by atoms with van der Waals surface area (Å²) >= 11 is 8.49. The second kappa shape index (κ2) is 6.06. The average Bonchev–Trinajstić information content (AvgIpc) is 2.38. The maximum Gasteiger partial charge on any atom is 0.283 e. The van der Waals surface area contributed by atoms with Crippen LogP contribution in [0.3, 0.4) is 0 Å². The maximum atomic E-state index is 13.8. The van der Waals surface area contributed by atoms with Crippen molar-refractivity contribution in [3.63, 3.8) is 0 Å². The van der Waals surface area contributed by atoms with E-state index >= 15 is 0 Å². The van der Waals surface area contributed by atoms with E-state index in [4.69, 9.17) is 22.4 Å². The monoisotopic (exact) mass is 396 g/mol. The second-order valence-electron chi connectivity index (χ2n) is 3.74. The van der Waals surface area contributed by atoms with Crippen LogP contribution in [-0.2, 0) is 10.0 Å². The van der Waals surface area contributed by atoms with Crippen LogP contribution in [0.25, 0.3) is 0 Å². The van der Waals surface area contributed by atoms with E-state index < -0.39 is 45.5 Å². The molecule has 4 N–H and O–H groups in total. The van der Waals surface area contributed by atoms with E-state index in [-0.39, 0.29) is 9.50 Å². The molecule has 0 unspecified atom stereocenters. The quantitative estimate of drug-likeness (QED) is 0.521. The molecule has 20 heavy (non-hydrogen) atoms. The lowest BCUT2D eigenvalue weighted by Crippen LogP contribution is -2.39. The summed E-state index contributed by atoms with van der Waals surface area (Å²) < 4.78 is 64.3. The average molecular weight is 398 g/mol. The Morgan fingerprint density at radius 3 is 2.55 bits per heavy atom. The van der Waals surface area contributed by atoms with Crippen LogP contribution >= 0.6 is 27.5 Å². The molecule has 114 valence electrons. The molecule has 0 radical (unpaired) electrons. The Hall–Kier alpha value is -0.550. The Morgan fingerprint density at radius 2 is 2.05 bits per heavy atom. The van der Waals surface area contributed by atoms with Gasteiger partial charge in [0.2, 0.25) is 10.0 Å². The smallest absolute Gasteiger partial charge is 0.283 e. The van der Waals surface area contributed by atoms with E-state index in [1.165, 1.54) is 4.72 Å². The fourth-order valence-electron chi connectivity index (χ4n) is 1.13. The van der Waals surface area contributed by atoms with Gasteiger partial charge >= 0.3 is 0 Å². The van der Waals surface area contributed by atoms with Crippen LogP contribution in [0.15, 0.2) is 15.4 Å². The van der Waals surface area contributed by atoms with Gasteiger partial charge in [-0.25, -0.2) is 26.3 Å². The van der Waals surface area contributed by atoms with Crippen LogP contribution in [0.5, 0.6) is 0 Å². The number of rotatable bonds is 5. The number of benzene rings is 1. The van der Waals surface area contributed by atoms with Crippen molar-refractivity contribution in [1.29, 1.82) is 0 Å². The van der Waals surface area contributed by atoms with Crippen molar-refractivity contribution in [2.75, 3.05) is 18.9 Å². The molecule has 11 heteroatoms. The van der Waals surface area contributed by atoms with Crippen LogP contribution in [0.4, 0.5) is 18.9 Å². The molecule has 0 amide bonds. The molecule has 0 atom stereocenters. The van der Waals surface area contributed by atoms with Crippen LogP contribution in [0.1, 0.15) is 0 Å². The summed E-state index contributed by atoms with van der Waals surface area (Å²) in [5, 5.41) is 8.14. The van der Waals surface area contributed by atoms with Gasteiger partial charge in [0.15, 0.2) is 5.82 Å². The minimum Gasteiger partial charge on any atom is -0.395 e.